The number of hydrogen-bond acceptors (Lipinski definition) is 24. The lowest BCUT2D eigenvalue weighted by Gasteiger charge is -2.33. The maximum absolute atomic E-state index is 15.1. The van der Waals surface area contributed by atoms with Crippen LogP contribution in [0.3, 0.4) is 0 Å². The van der Waals surface area contributed by atoms with E-state index in [0.29, 0.717) is 44.9 Å². The summed E-state index contributed by atoms with van der Waals surface area (Å²) < 4.78 is 0. The van der Waals surface area contributed by atoms with Crippen LogP contribution in [0.2, 0.25) is 0 Å². The molecule has 3 aliphatic rings. The van der Waals surface area contributed by atoms with Gasteiger partial charge >= 0.3 is 0 Å². The number of H-pyrrole nitrogens is 2. The monoisotopic (exact) mass is 1790 g/mol. The highest BCUT2D eigenvalue weighted by Gasteiger charge is 2.46. The lowest BCUT2D eigenvalue weighted by molar-refractivity contribution is -0.146. The largest absolute Gasteiger partial charge is 0.508 e. The van der Waals surface area contributed by atoms with Gasteiger partial charge in [-0.25, -0.2) is 0 Å². The van der Waals surface area contributed by atoms with Gasteiger partial charge in [-0.3, -0.25) is 86.9 Å². The first-order valence-corrected chi connectivity index (χ1v) is 42.7. The van der Waals surface area contributed by atoms with Crippen molar-refractivity contribution in [2.75, 3.05) is 85.1 Å². The fourth-order valence-electron chi connectivity index (χ4n) is 15.2. The first-order chi connectivity index (χ1) is 60.4. The summed E-state index contributed by atoms with van der Waals surface area (Å²) in [6, 6.07) is -1.53. The Labute approximate surface area is 734 Å². The molecule has 0 spiro atoms. The summed E-state index contributed by atoms with van der Waals surface area (Å²) in [5.74, 6) is -18.5. The van der Waals surface area contributed by atoms with Crippen molar-refractivity contribution in [1.82, 2.24) is 93.0 Å². The van der Waals surface area contributed by atoms with Crippen molar-refractivity contribution in [1.29, 1.82) is 5.41 Å². The molecule has 5 aromatic rings. The first kappa shape index (κ1) is 99.4. The lowest BCUT2D eigenvalue weighted by atomic mass is 10.0. The maximum Gasteiger partial charge on any atom is 0.246 e. The van der Waals surface area contributed by atoms with Crippen LogP contribution in [0.4, 0.5) is 0 Å². The number of aromatic amines is 2. The highest BCUT2D eigenvalue weighted by atomic mass is 32.2. The number of aromatic nitrogens is 2. The van der Waals surface area contributed by atoms with Crippen LogP contribution in [0.15, 0.2) is 85.2 Å². The van der Waals surface area contributed by atoms with Crippen molar-refractivity contribution in [2.45, 2.75) is 182 Å². The van der Waals surface area contributed by atoms with Crippen molar-refractivity contribution >= 4 is 140 Å². The molecule has 8 rings (SSSR count). The molecule has 3 saturated heterocycles. The number of likely N-dealkylation sites (N-methyl/N-ethyl adjacent to an activating group) is 3. The smallest absolute Gasteiger partial charge is 0.246 e. The minimum absolute atomic E-state index is 0.0162. The Kier molecular flexibility index (Phi) is 37.1. The van der Waals surface area contributed by atoms with E-state index in [0.717, 1.165) is 36.3 Å². The van der Waals surface area contributed by atoms with E-state index in [2.05, 4.69) is 68.5 Å². The third-order valence-electron chi connectivity index (χ3n) is 22.1. The van der Waals surface area contributed by atoms with Gasteiger partial charge in [-0.2, -0.15) is 0 Å². The third kappa shape index (κ3) is 27.7. The van der Waals surface area contributed by atoms with Gasteiger partial charge < -0.3 is 136 Å². The molecule has 0 radical (unpaired) electrons. The second-order valence-electron chi connectivity index (χ2n) is 31.5. The molecular weight excluding hydrogens is 1680 g/mol. The molecule has 2 aromatic heterocycles. The molecule has 5 heterocycles. The quantitative estimate of drug-likeness (QED) is 0.0174. The molecule has 690 valence electrons. The Balaban J connectivity index is 1.15. The summed E-state index contributed by atoms with van der Waals surface area (Å²) >= 11 is 0.747. The Morgan fingerprint density at radius 2 is 1.11 bits per heavy atom. The number of para-hydroxylation sites is 2. The number of aromatic hydroxyl groups is 1. The van der Waals surface area contributed by atoms with E-state index in [1.54, 1.807) is 67.8 Å². The second kappa shape index (κ2) is 47.4. The zero-order valence-corrected chi connectivity index (χ0v) is 71.9. The van der Waals surface area contributed by atoms with E-state index in [1.807, 2.05) is 0 Å². The summed E-state index contributed by atoms with van der Waals surface area (Å²) in [7, 11) is 3.72. The molecule has 0 saturated carbocycles. The lowest BCUT2D eigenvalue weighted by Crippen LogP contribution is -2.62. The first-order valence-electron chi connectivity index (χ1n) is 41.5. The van der Waals surface area contributed by atoms with Gasteiger partial charge in [0.1, 0.15) is 84.3 Å². The minimum atomic E-state index is -1.90. The SMILES string of the molecule is CCCC[C@H]1C(=O)N[C@H](CC(N)=O)C(=O)N2CCC[C@H]2C(=O)N[C@@H](CO)C(=O)N[C@@H](CCO)C(=O)N2C[C@H](O)C[C@H]2C(=O)N[C@@H](Cc2c[nH]c3ccccc23)C(=O)N[C@@H](CN)C(=O)N[C@@H](Cc2c[nH]c3ccccc23)C(=O)N(C)[C@@H](C)C(=O)N(C)CC(=O)N[C@@H](CCCNC(=N)N)C(=O)N[C@H](C(=O)NCC(N)=O)CSCC(=O)N[C@@H](Cc2ccc(O)cc2)C(=O)N1C. The normalized spacial score (nSPS) is 24.9. The number of fused-ring (bicyclic) bond motifs is 4. The summed E-state index contributed by atoms with van der Waals surface area (Å²) in [6.45, 7) is -1.69. The molecule has 3 aliphatic heterocycles. The number of phenols is 1. The van der Waals surface area contributed by atoms with Crippen molar-refractivity contribution in [2.24, 2.45) is 22.9 Å². The van der Waals surface area contributed by atoms with Gasteiger partial charge in [-0.15, -0.1) is 11.8 Å². The summed E-state index contributed by atoms with van der Waals surface area (Å²) in [5, 5.41) is 79.4. The second-order valence-corrected chi connectivity index (χ2v) is 32.5. The fraction of sp³-hybridized carbons (Fsp3) is 0.512. The number of guanidine groups is 1. The molecule has 0 unspecified atom stereocenters. The number of rotatable bonds is 22. The van der Waals surface area contributed by atoms with Crippen LogP contribution in [0, 0.1) is 5.41 Å². The van der Waals surface area contributed by atoms with Gasteiger partial charge in [-0.1, -0.05) is 68.3 Å². The summed E-state index contributed by atoms with van der Waals surface area (Å²) in [6.07, 6.45) is -0.424. The number of hydrogen-bond donors (Lipinski definition) is 22. The molecule has 3 aromatic carbocycles. The molecule has 0 bridgehead atoms. The number of unbranched alkanes of at least 4 members (excludes halogenated alkanes) is 1. The molecule has 14 atom stereocenters. The van der Waals surface area contributed by atoms with Gasteiger partial charge in [0.25, 0.3) is 0 Å². The van der Waals surface area contributed by atoms with Crippen LogP contribution in [-0.2, 0) is 101 Å². The van der Waals surface area contributed by atoms with Crippen LogP contribution in [0.5, 0.6) is 5.75 Å². The van der Waals surface area contributed by atoms with Crippen LogP contribution >= 0.6 is 11.8 Å². The Morgan fingerprint density at radius 3 is 1.72 bits per heavy atom. The molecule has 0 aliphatic carbocycles. The van der Waals surface area contributed by atoms with Crippen LogP contribution < -0.4 is 81.4 Å². The molecule has 3 fully saturated rings. The topological polar surface area (TPSA) is 679 Å². The predicted molar refractivity (Wildman–Crippen MR) is 460 cm³/mol. The summed E-state index contributed by atoms with van der Waals surface area (Å²) in [4.78, 5) is 256. The number of nitrogens with two attached hydrogens (primary N) is 4. The standard InChI is InChI=1S/C82H115N23O21S/c1-6-7-19-62-74(119)97-58(33-65(84)110)81(126)104-27-13-20-63(104)75(120)99-60(40-107)73(118)94-54(25-28-106)80(125)105-38-48(109)32-64(105)76(121)95-55(30-45-35-89-51-16-10-8-14-49(45)51)71(116)98-59(34-83)72(117)96-57(31-46-36-90-52-17-11-9-15-50(46)52)78(123)102(4)43(2)77(122)101(3)39-67(112)92-53(18-12-26-88-82(86)87)70(115)100-61(69(114)91-37-66(85)111)41-127-42-68(113)93-56(79(124)103(62)5)29-44-21-23-47(108)24-22-44/h8-11,14-17,21-24,35-36,43,48,53-64,89-90,106-109H,6-7,12-13,18-20,25-34,37-42,83H2,1-5H3,(H2,84,110)(H2,85,111)(H,91,114)(H,92,112)(H,93,113)(H,94,118)(H,95,121)(H,96,117)(H,97,119)(H,98,116)(H,99,120)(H,100,115)(H4,86,87,88)/t43-,48+,53-,54-,55-,56-,57-,58+,59-,60-,61-,62-,63-,64-/m0/s1. The summed E-state index contributed by atoms with van der Waals surface area (Å²) in [5.41, 5.74) is 25.5. The van der Waals surface area contributed by atoms with Crippen molar-refractivity contribution < 1.29 is 102 Å². The van der Waals surface area contributed by atoms with E-state index in [-0.39, 0.29) is 76.6 Å². The van der Waals surface area contributed by atoms with Gasteiger partial charge in [0.05, 0.1) is 38.0 Å². The Morgan fingerprint density at radius 1 is 0.559 bits per heavy atom. The van der Waals surface area contributed by atoms with Crippen molar-refractivity contribution in [3.63, 3.8) is 0 Å². The number of carbonyl (C=O) groups is 17. The molecule has 45 heteroatoms. The maximum atomic E-state index is 15.1. The predicted octanol–water partition coefficient (Wildman–Crippen LogP) is -7.16. The van der Waals surface area contributed by atoms with Gasteiger partial charge in [0.15, 0.2) is 5.96 Å². The van der Waals surface area contributed by atoms with E-state index in [4.69, 9.17) is 28.3 Å². The number of carbonyl (C=O) groups excluding carboxylic acids is 17. The number of nitrogens with one attached hydrogen (secondary N) is 14. The number of benzene rings is 3. The van der Waals surface area contributed by atoms with E-state index in [1.165, 1.54) is 52.3 Å². The molecule has 44 nitrogen and oxygen atoms in total. The number of aliphatic hydroxyl groups excluding tert-OH is 3. The number of nitrogens with zero attached hydrogens (tertiary/aromatic N) is 5. The number of phenolic OH excluding ortho intramolecular Hbond substituents is 1. The number of thioether (sulfide) groups is 1. The van der Waals surface area contributed by atoms with Crippen molar-refractivity contribution in [3.8, 4) is 5.75 Å². The molecule has 17 amide bonds. The minimum Gasteiger partial charge on any atom is -0.508 e. The number of amides is 17. The molecule has 26 N–H and O–H groups in total. The van der Waals surface area contributed by atoms with Crippen LogP contribution in [0.1, 0.15) is 94.7 Å². The molecule has 127 heavy (non-hydrogen) atoms. The Hall–Kier alpha value is -13.0. The highest BCUT2D eigenvalue weighted by molar-refractivity contribution is 8.00. The number of aliphatic hydroxyl groups is 3. The van der Waals surface area contributed by atoms with Crippen LogP contribution in [0.25, 0.3) is 21.8 Å². The van der Waals surface area contributed by atoms with E-state index in [9.17, 15) is 87.5 Å². The van der Waals surface area contributed by atoms with E-state index < -0.39 is 261 Å². The van der Waals surface area contributed by atoms with Gasteiger partial charge in [-0.05, 0) is 86.4 Å². The Bertz CT molecular complexity index is 4820. The zero-order valence-electron chi connectivity index (χ0n) is 71.1. The molecular formula is C82H115N23O21S. The average Bonchev–Trinajstić information content (AvgIpc) is 1.70. The van der Waals surface area contributed by atoms with Gasteiger partial charge in [0.2, 0.25) is 100 Å². The highest BCUT2D eigenvalue weighted by Crippen LogP contribution is 2.27. The third-order valence-corrected chi connectivity index (χ3v) is 23.1. The average molecular weight is 1790 g/mol. The fourth-order valence-corrected chi connectivity index (χ4v) is 16.0. The zero-order chi connectivity index (χ0) is 93.0. The number of primary amides is 2. The van der Waals surface area contributed by atoms with Crippen LogP contribution in [-0.4, -0.2) is 331 Å². The van der Waals surface area contributed by atoms with E-state index >= 15 is 14.4 Å². The van der Waals surface area contributed by atoms with Gasteiger partial charge in [0, 0.05) is 120 Å². The van der Waals surface area contributed by atoms with Crippen molar-refractivity contribution in [3.05, 3.63) is 102 Å².